The Balaban J connectivity index is 1.70. The fourth-order valence-corrected chi connectivity index (χ4v) is 16.9. The summed E-state index contributed by atoms with van der Waals surface area (Å²) in [5, 5.41) is 0. The maximum Gasteiger partial charge on any atom is 0.0853 e. The van der Waals surface area contributed by atoms with Gasteiger partial charge in [0.05, 0.1) is 28.6 Å². The summed E-state index contributed by atoms with van der Waals surface area (Å²) in [6, 6.07) is 33.0. The van der Waals surface area contributed by atoms with Gasteiger partial charge in [0.1, 0.15) is 0 Å². The smallest absolute Gasteiger partial charge is 0.0853 e. The van der Waals surface area contributed by atoms with Crippen molar-refractivity contribution in [2.45, 2.75) is 99.9 Å². The van der Waals surface area contributed by atoms with Gasteiger partial charge in [0.15, 0.2) is 0 Å². The Hall–Kier alpha value is -2.11. The summed E-state index contributed by atoms with van der Waals surface area (Å²) < 4.78 is 0. The maximum absolute atomic E-state index is 2.76. The van der Waals surface area contributed by atoms with E-state index in [1.807, 2.05) is 0 Å². The molecule has 6 rings (SSSR count). The first-order valence-corrected chi connectivity index (χ1v) is 18.2. The van der Waals surface area contributed by atoms with Crippen LogP contribution in [0.3, 0.4) is 0 Å². The molecule has 0 bridgehead atoms. The first-order valence-electron chi connectivity index (χ1n) is 16.0. The molecule has 0 spiro atoms. The molecule has 1 nitrogen and oxygen atoms in total. The standard InChI is InChI=1S/C37H49NP/c1-30-37(31-18-7-3-8-19-31,32-20-9-4-10-21-32)35-26-15-16-27-36(35)38(2)28-17-29-39(30,33-22-11-5-12-23-33)34-24-13-6-14-25-34/h3-4,7-10,15-16,18-21,26-27,30,33-34H,5-6,11-14,17,22-25,28-29H2,1-2H3/q+1/t30-/m0/s1. The molecule has 2 fully saturated rings. The molecule has 0 radical (unpaired) electrons. The Morgan fingerprint density at radius 1 is 0.615 bits per heavy atom. The number of fused-ring (bicyclic) bond motifs is 1. The molecule has 2 aliphatic carbocycles. The molecular weight excluding hydrogens is 489 g/mol. The Bertz CT molecular complexity index is 1130. The van der Waals surface area contributed by atoms with Crippen LogP contribution in [-0.4, -0.2) is 36.7 Å². The van der Waals surface area contributed by atoms with E-state index in [-0.39, 0.29) is 5.41 Å². The molecule has 3 aliphatic rings. The minimum Gasteiger partial charge on any atom is -0.374 e. The van der Waals surface area contributed by atoms with Crippen molar-refractivity contribution in [3.05, 3.63) is 102 Å². The van der Waals surface area contributed by atoms with Crippen LogP contribution in [0.5, 0.6) is 0 Å². The van der Waals surface area contributed by atoms with E-state index in [2.05, 4.69) is 104 Å². The van der Waals surface area contributed by atoms with Crippen LogP contribution < -0.4 is 4.90 Å². The third-order valence-electron chi connectivity index (χ3n) is 11.1. The third kappa shape index (κ3) is 4.68. The number of anilines is 1. The highest BCUT2D eigenvalue weighted by atomic mass is 31.2. The molecule has 2 saturated carbocycles. The lowest BCUT2D eigenvalue weighted by atomic mass is 9.66. The van der Waals surface area contributed by atoms with E-state index < -0.39 is 7.26 Å². The van der Waals surface area contributed by atoms with E-state index in [1.54, 1.807) is 0 Å². The van der Waals surface area contributed by atoms with Gasteiger partial charge in [-0.3, -0.25) is 0 Å². The molecule has 1 heterocycles. The van der Waals surface area contributed by atoms with E-state index in [1.165, 1.54) is 106 Å². The first-order chi connectivity index (χ1) is 19.2. The normalized spacial score (nSPS) is 24.3. The lowest BCUT2D eigenvalue weighted by Crippen LogP contribution is -2.48. The van der Waals surface area contributed by atoms with Gasteiger partial charge in [-0.25, -0.2) is 0 Å². The van der Waals surface area contributed by atoms with E-state index in [0.29, 0.717) is 5.66 Å². The van der Waals surface area contributed by atoms with Crippen LogP contribution in [0.4, 0.5) is 5.69 Å². The summed E-state index contributed by atoms with van der Waals surface area (Å²) in [5.74, 6) is 0. The maximum atomic E-state index is 2.76. The molecule has 2 heteroatoms. The van der Waals surface area contributed by atoms with Crippen LogP contribution in [0, 0.1) is 0 Å². The average Bonchev–Trinajstić information content (AvgIpc) is 3.05. The molecule has 39 heavy (non-hydrogen) atoms. The summed E-state index contributed by atoms with van der Waals surface area (Å²) >= 11 is 0. The predicted molar refractivity (Wildman–Crippen MR) is 172 cm³/mol. The highest BCUT2D eigenvalue weighted by Crippen LogP contribution is 2.79. The summed E-state index contributed by atoms with van der Waals surface area (Å²) in [5.41, 5.74) is 8.30. The van der Waals surface area contributed by atoms with Crippen molar-refractivity contribution in [3.63, 3.8) is 0 Å². The van der Waals surface area contributed by atoms with Crippen LogP contribution in [0.2, 0.25) is 0 Å². The molecule has 1 aliphatic heterocycles. The van der Waals surface area contributed by atoms with Crippen molar-refractivity contribution in [2.75, 3.05) is 24.7 Å². The molecule has 0 unspecified atom stereocenters. The molecule has 0 aromatic heterocycles. The minimum absolute atomic E-state index is 0.152. The van der Waals surface area contributed by atoms with Crippen molar-refractivity contribution >= 4 is 12.9 Å². The Morgan fingerprint density at radius 2 is 1.10 bits per heavy atom. The first kappa shape index (κ1) is 27.1. The van der Waals surface area contributed by atoms with E-state index in [0.717, 1.165) is 11.3 Å². The lowest BCUT2D eigenvalue weighted by molar-refractivity contribution is 0.463. The van der Waals surface area contributed by atoms with Gasteiger partial charge < -0.3 is 4.90 Å². The van der Waals surface area contributed by atoms with Crippen LogP contribution in [-0.2, 0) is 5.41 Å². The van der Waals surface area contributed by atoms with Gasteiger partial charge in [-0.15, -0.1) is 0 Å². The zero-order valence-corrected chi connectivity index (χ0v) is 25.3. The number of nitrogens with zero attached hydrogens (tertiary/aromatic N) is 1. The van der Waals surface area contributed by atoms with Gasteiger partial charge in [-0.1, -0.05) is 91.7 Å². The topological polar surface area (TPSA) is 3.24 Å². The zero-order valence-electron chi connectivity index (χ0n) is 24.4. The Labute approximate surface area is 238 Å². The van der Waals surface area contributed by atoms with E-state index in [4.69, 9.17) is 0 Å². The van der Waals surface area contributed by atoms with Crippen molar-refractivity contribution in [1.29, 1.82) is 0 Å². The van der Waals surface area contributed by atoms with Crippen LogP contribution in [0.15, 0.2) is 84.9 Å². The highest BCUT2D eigenvalue weighted by Gasteiger charge is 2.63. The highest BCUT2D eigenvalue weighted by molar-refractivity contribution is 7.78. The fraction of sp³-hybridized carbons (Fsp3) is 0.514. The largest absolute Gasteiger partial charge is 0.374 e. The molecule has 3 aromatic rings. The van der Waals surface area contributed by atoms with Gasteiger partial charge in [0.2, 0.25) is 0 Å². The molecular formula is C37H49NP+. The molecule has 0 amide bonds. The van der Waals surface area contributed by atoms with E-state index in [9.17, 15) is 0 Å². The number of rotatable bonds is 4. The van der Waals surface area contributed by atoms with Crippen molar-refractivity contribution in [1.82, 2.24) is 0 Å². The molecule has 206 valence electrons. The number of benzene rings is 3. The average molecular weight is 539 g/mol. The Kier molecular flexibility index (Phi) is 8.18. The van der Waals surface area contributed by atoms with Gasteiger partial charge >= 0.3 is 0 Å². The zero-order chi connectivity index (χ0) is 26.7. The van der Waals surface area contributed by atoms with Gasteiger partial charge in [-0.05, 0) is 87.5 Å². The van der Waals surface area contributed by atoms with Gasteiger partial charge in [0, 0.05) is 26.5 Å². The second kappa shape index (κ2) is 11.8. The molecule has 0 saturated heterocycles. The molecule has 3 aromatic carbocycles. The SMILES string of the molecule is C[C@H]1C(c2ccccc2)(c2ccccc2)c2ccccc2N(C)CCC[P+]1(C1CCCCC1)C1CCCCC1. The van der Waals surface area contributed by atoms with Crippen LogP contribution in [0.1, 0.15) is 94.2 Å². The van der Waals surface area contributed by atoms with E-state index >= 15 is 0 Å². The molecule has 1 atom stereocenters. The predicted octanol–water partition coefficient (Wildman–Crippen LogP) is 9.93. The number of hydrogen-bond acceptors (Lipinski definition) is 1. The van der Waals surface area contributed by atoms with Gasteiger partial charge in [-0.2, -0.15) is 0 Å². The summed E-state index contributed by atoms with van der Waals surface area (Å²) in [7, 11) is 0.966. The van der Waals surface area contributed by atoms with Crippen molar-refractivity contribution in [3.8, 4) is 0 Å². The van der Waals surface area contributed by atoms with Gasteiger partial charge in [0.25, 0.3) is 0 Å². The minimum atomic E-state index is -1.39. The lowest BCUT2D eigenvalue weighted by Gasteiger charge is -2.53. The Morgan fingerprint density at radius 3 is 1.64 bits per heavy atom. The van der Waals surface area contributed by atoms with Crippen LogP contribution >= 0.6 is 7.26 Å². The molecule has 0 N–H and O–H groups in total. The third-order valence-corrected chi connectivity index (χ3v) is 17.8. The number of hydrogen-bond donors (Lipinski definition) is 0. The summed E-state index contributed by atoms with van der Waals surface area (Å²) in [6.45, 7) is 3.93. The summed E-state index contributed by atoms with van der Waals surface area (Å²) in [4.78, 5) is 2.60. The van der Waals surface area contributed by atoms with Crippen LogP contribution in [0.25, 0.3) is 0 Å². The fourth-order valence-electron chi connectivity index (χ4n) is 9.40. The quantitative estimate of drug-likeness (QED) is 0.299. The number of para-hydroxylation sites is 1. The van der Waals surface area contributed by atoms with Crippen molar-refractivity contribution < 1.29 is 0 Å². The second-order valence-electron chi connectivity index (χ2n) is 12.8. The monoisotopic (exact) mass is 538 g/mol. The van der Waals surface area contributed by atoms with Crippen molar-refractivity contribution in [2.24, 2.45) is 0 Å². The second-order valence-corrected chi connectivity index (χ2v) is 17.5. The summed E-state index contributed by atoms with van der Waals surface area (Å²) in [6.07, 6.45) is 17.4.